The molecule has 0 aliphatic heterocycles. The molecule has 24 heavy (non-hydrogen) atoms. The zero-order valence-corrected chi connectivity index (χ0v) is 14.6. The molecule has 2 saturated carbocycles. The van der Waals surface area contributed by atoms with Crippen molar-refractivity contribution < 1.29 is 10.2 Å². The van der Waals surface area contributed by atoms with Crippen LogP contribution >= 0.6 is 0 Å². The molecule has 2 fully saturated rings. The van der Waals surface area contributed by atoms with Gasteiger partial charge in [-0.05, 0) is 69.1 Å². The first-order valence-electron chi connectivity index (χ1n) is 9.47. The number of hydrogen-bond donors (Lipinski definition) is 2. The van der Waals surface area contributed by atoms with Gasteiger partial charge in [0.2, 0.25) is 0 Å². The van der Waals surface area contributed by atoms with Gasteiger partial charge in [0.1, 0.15) is 11.2 Å². The van der Waals surface area contributed by atoms with Crippen molar-refractivity contribution >= 4 is 0 Å². The third-order valence-corrected chi connectivity index (χ3v) is 8.10. The highest BCUT2D eigenvalue weighted by atomic mass is 16.3. The van der Waals surface area contributed by atoms with Crippen molar-refractivity contribution in [3.63, 3.8) is 0 Å². The van der Waals surface area contributed by atoms with Crippen molar-refractivity contribution in [3.8, 4) is 24.7 Å². The van der Waals surface area contributed by atoms with E-state index in [1.54, 1.807) is 5.57 Å². The van der Waals surface area contributed by atoms with Gasteiger partial charge in [-0.2, -0.15) is 0 Å². The maximum Gasteiger partial charge on any atom is 0.130 e. The maximum absolute atomic E-state index is 11.0. The monoisotopic (exact) mass is 324 g/mol. The van der Waals surface area contributed by atoms with E-state index in [0.717, 1.165) is 38.5 Å². The molecule has 0 bridgehead atoms. The van der Waals surface area contributed by atoms with Crippen molar-refractivity contribution in [2.24, 2.45) is 23.2 Å². The predicted octanol–water partition coefficient (Wildman–Crippen LogP) is 3.43. The summed E-state index contributed by atoms with van der Waals surface area (Å²) in [6.07, 6.45) is 19.8. The fourth-order valence-corrected chi connectivity index (χ4v) is 6.57. The van der Waals surface area contributed by atoms with Crippen molar-refractivity contribution in [2.45, 2.75) is 75.9 Å². The molecular formula is C22H28O2. The predicted molar refractivity (Wildman–Crippen MR) is 94.7 cm³/mol. The largest absolute Gasteiger partial charge is 0.377 e. The summed E-state index contributed by atoms with van der Waals surface area (Å²) < 4.78 is 0. The zero-order valence-electron chi connectivity index (χ0n) is 14.6. The minimum Gasteiger partial charge on any atom is -0.377 e. The molecular weight excluding hydrogens is 296 g/mol. The van der Waals surface area contributed by atoms with E-state index in [-0.39, 0.29) is 5.41 Å². The highest BCUT2D eigenvalue weighted by molar-refractivity contribution is 5.33. The van der Waals surface area contributed by atoms with Crippen LogP contribution in [0.25, 0.3) is 0 Å². The summed E-state index contributed by atoms with van der Waals surface area (Å²) in [5.74, 6) is 6.99. The molecule has 2 nitrogen and oxygen atoms in total. The van der Waals surface area contributed by atoms with Crippen LogP contribution in [0, 0.1) is 47.9 Å². The van der Waals surface area contributed by atoms with Crippen LogP contribution in [0.3, 0.4) is 0 Å². The Morgan fingerprint density at radius 1 is 1.00 bits per heavy atom. The molecule has 0 aromatic carbocycles. The average molecular weight is 324 g/mol. The summed E-state index contributed by atoms with van der Waals surface area (Å²) in [4.78, 5) is 0. The first-order chi connectivity index (χ1) is 11.4. The fraction of sp³-hybridized carbons (Fsp3) is 0.727. The van der Waals surface area contributed by atoms with Gasteiger partial charge in [0.25, 0.3) is 0 Å². The summed E-state index contributed by atoms with van der Waals surface area (Å²) in [7, 11) is 0. The summed E-state index contributed by atoms with van der Waals surface area (Å²) in [5.41, 5.74) is 0.971. The first-order valence-corrected chi connectivity index (χ1v) is 9.47. The van der Waals surface area contributed by atoms with Gasteiger partial charge in [0, 0.05) is 11.8 Å². The van der Waals surface area contributed by atoms with E-state index in [0.29, 0.717) is 30.6 Å². The number of aliphatic hydroxyl groups is 2. The van der Waals surface area contributed by atoms with Gasteiger partial charge in [0.15, 0.2) is 0 Å². The van der Waals surface area contributed by atoms with Gasteiger partial charge < -0.3 is 10.2 Å². The van der Waals surface area contributed by atoms with Crippen molar-refractivity contribution in [1.29, 1.82) is 0 Å². The molecule has 2 heteroatoms. The Labute approximate surface area is 145 Å². The topological polar surface area (TPSA) is 40.5 Å². The lowest BCUT2D eigenvalue weighted by atomic mass is 9.52. The van der Waals surface area contributed by atoms with E-state index < -0.39 is 11.2 Å². The van der Waals surface area contributed by atoms with Crippen LogP contribution in [0.1, 0.15) is 64.7 Å². The Balaban J connectivity index is 1.67. The van der Waals surface area contributed by atoms with Gasteiger partial charge in [0.05, 0.1) is 0 Å². The fourth-order valence-electron chi connectivity index (χ4n) is 6.57. The highest BCUT2D eigenvalue weighted by Crippen LogP contribution is 2.64. The van der Waals surface area contributed by atoms with Crippen LogP contribution in [0.2, 0.25) is 0 Å². The molecule has 0 heterocycles. The molecule has 4 aliphatic carbocycles. The van der Waals surface area contributed by atoms with E-state index in [1.165, 1.54) is 12.0 Å². The van der Waals surface area contributed by atoms with E-state index >= 15 is 0 Å². The average Bonchev–Trinajstić information content (AvgIpc) is 2.87. The molecule has 0 radical (unpaired) electrons. The molecule has 0 amide bonds. The summed E-state index contributed by atoms with van der Waals surface area (Å²) >= 11 is 0. The van der Waals surface area contributed by atoms with Crippen molar-refractivity contribution in [1.82, 2.24) is 0 Å². The normalized spacial score (nSPS) is 50.3. The van der Waals surface area contributed by atoms with Gasteiger partial charge in [-0.1, -0.05) is 29.9 Å². The lowest BCUT2D eigenvalue weighted by Crippen LogP contribution is -2.51. The van der Waals surface area contributed by atoms with Gasteiger partial charge in [-0.3, -0.25) is 0 Å². The molecule has 0 saturated heterocycles. The number of terminal acetylenes is 2. The second-order valence-corrected chi connectivity index (χ2v) is 8.90. The SMILES string of the molecule is C#C[C@@]1(O)CCC2=C(C1)C1CCC3(C)C(CC[C@@]3(O)C#C)C1CC2. The number of hydrogen-bond acceptors (Lipinski definition) is 2. The Morgan fingerprint density at radius 3 is 2.50 bits per heavy atom. The summed E-state index contributed by atoms with van der Waals surface area (Å²) in [6, 6.07) is 0. The number of rotatable bonds is 0. The Kier molecular flexibility index (Phi) is 3.48. The van der Waals surface area contributed by atoms with Crippen molar-refractivity contribution in [3.05, 3.63) is 11.1 Å². The minimum atomic E-state index is -0.948. The molecule has 128 valence electrons. The molecule has 2 N–H and O–H groups in total. The van der Waals surface area contributed by atoms with Crippen LogP contribution in [0.4, 0.5) is 0 Å². The second-order valence-electron chi connectivity index (χ2n) is 8.90. The molecule has 4 aliphatic rings. The molecule has 6 atom stereocenters. The molecule has 4 unspecified atom stereocenters. The maximum atomic E-state index is 11.0. The van der Waals surface area contributed by atoms with Crippen molar-refractivity contribution in [2.75, 3.05) is 0 Å². The highest BCUT2D eigenvalue weighted by Gasteiger charge is 2.61. The second kappa shape index (κ2) is 5.14. The van der Waals surface area contributed by atoms with Gasteiger partial charge in [-0.25, -0.2) is 0 Å². The van der Waals surface area contributed by atoms with Gasteiger partial charge in [-0.15, -0.1) is 12.8 Å². The molecule has 0 aromatic rings. The molecule has 0 spiro atoms. The third-order valence-electron chi connectivity index (χ3n) is 8.10. The zero-order chi connectivity index (χ0) is 17.2. The Bertz CT molecular complexity index is 677. The third kappa shape index (κ3) is 2.00. The smallest absolute Gasteiger partial charge is 0.130 e. The van der Waals surface area contributed by atoms with Crippen LogP contribution in [-0.2, 0) is 0 Å². The Morgan fingerprint density at radius 2 is 1.79 bits per heavy atom. The first kappa shape index (κ1) is 16.3. The van der Waals surface area contributed by atoms with E-state index in [4.69, 9.17) is 12.8 Å². The number of allylic oxidation sites excluding steroid dienone is 1. The summed E-state index contributed by atoms with van der Waals surface area (Å²) in [5, 5.41) is 21.6. The lowest BCUT2D eigenvalue weighted by molar-refractivity contribution is -0.0725. The minimum absolute atomic E-state index is 0.155. The van der Waals surface area contributed by atoms with Crippen LogP contribution in [-0.4, -0.2) is 21.4 Å². The van der Waals surface area contributed by atoms with Crippen LogP contribution in [0.15, 0.2) is 11.1 Å². The number of fused-ring (bicyclic) bond motifs is 4. The Hall–Kier alpha value is -1.22. The van der Waals surface area contributed by atoms with Crippen LogP contribution < -0.4 is 0 Å². The van der Waals surface area contributed by atoms with E-state index in [1.807, 2.05) is 0 Å². The lowest BCUT2D eigenvalue weighted by Gasteiger charge is -2.53. The summed E-state index contributed by atoms with van der Waals surface area (Å²) in [6.45, 7) is 2.21. The van der Waals surface area contributed by atoms with E-state index in [2.05, 4.69) is 18.8 Å². The van der Waals surface area contributed by atoms with Crippen LogP contribution in [0.5, 0.6) is 0 Å². The standard InChI is InChI=1S/C22H28O2/c1-4-21(23)12-8-15-6-7-17-16(18(15)14-21)9-11-20(3)19(17)10-13-22(20,24)5-2/h1-2,16-17,19,23-24H,6-14H2,3H3/t16?,17?,19?,20?,21-,22+/m1/s1. The van der Waals surface area contributed by atoms with E-state index in [9.17, 15) is 10.2 Å². The van der Waals surface area contributed by atoms with Gasteiger partial charge >= 0.3 is 0 Å². The molecule has 0 aromatic heterocycles. The quantitative estimate of drug-likeness (QED) is 0.529. The molecule has 4 rings (SSSR count).